The van der Waals surface area contributed by atoms with Crippen LogP contribution < -0.4 is 10.2 Å². The van der Waals surface area contributed by atoms with Crippen LogP contribution in [-0.4, -0.2) is 28.1 Å². The topological polar surface area (TPSA) is 67.2 Å². The van der Waals surface area contributed by atoms with E-state index in [-0.39, 0.29) is 17.6 Å². The van der Waals surface area contributed by atoms with Gasteiger partial charge in [-0.25, -0.2) is 9.07 Å². The number of nitrogens with zero attached hydrogens (tertiary/aromatic N) is 3. The van der Waals surface area contributed by atoms with Crippen LogP contribution >= 0.6 is 0 Å². The van der Waals surface area contributed by atoms with E-state index < -0.39 is 0 Å². The quantitative estimate of drug-likeness (QED) is 0.753. The number of carbonyl (C=O) groups excluding carboxylic acids is 2. The smallest absolute Gasteiger partial charge is 0.259 e. The number of anilines is 2. The van der Waals surface area contributed by atoms with Gasteiger partial charge in [0.15, 0.2) is 0 Å². The third-order valence-corrected chi connectivity index (χ3v) is 4.81. The molecule has 2 heterocycles. The normalized spacial score (nSPS) is 13.8. The number of amides is 2. The summed E-state index contributed by atoms with van der Waals surface area (Å²) in [6.45, 7) is 2.48. The van der Waals surface area contributed by atoms with E-state index in [4.69, 9.17) is 0 Å². The fraction of sp³-hybridized carbons (Fsp3) is 0.190. The molecule has 2 aromatic carbocycles. The van der Waals surface area contributed by atoms with Crippen LogP contribution in [0.25, 0.3) is 5.69 Å². The van der Waals surface area contributed by atoms with E-state index in [0.717, 1.165) is 12.1 Å². The summed E-state index contributed by atoms with van der Waals surface area (Å²) >= 11 is 0. The van der Waals surface area contributed by atoms with Crippen LogP contribution in [-0.2, 0) is 4.79 Å². The van der Waals surface area contributed by atoms with E-state index in [1.54, 1.807) is 40.8 Å². The Morgan fingerprint density at radius 1 is 1.14 bits per heavy atom. The molecule has 0 radical (unpaired) electrons. The predicted molar refractivity (Wildman–Crippen MR) is 104 cm³/mol. The number of hydrogen-bond donors (Lipinski definition) is 1. The Bertz CT molecular complexity index is 1040. The van der Waals surface area contributed by atoms with E-state index in [2.05, 4.69) is 10.4 Å². The molecule has 1 aliphatic rings. The van der Waals surface area contributed by atoms with Crippen molar-refractivity contribution in [1.29, 1.82) is 0 Å². The van der Waals surface area contributed by atoms with E-state index in [0.29, 0.717) is 35.6 Å². The first-order valence-electron chi connectivity index (χ1n) is 9.05. The van der Waals surface area contributed by atoms with Gasteiger partial charge in [-0.1, -0.05) is 6.07 Å². The maximum Gasteiger partial charge on any atom is 0.259 e. The first kappa shape index (κ1) is 17.9. The second-order valence-electron chi connectivity index (χ2n) is 6.69. The first-order chi connectivity index (χ1) is 13.5. The maximum atomic E-state index is 13.1. The molecule has 1 saturated heterocycles. The molecule has 0 spiro atoms. The highest BCUT2D eigenvalue weighted by molar-refractivity contribution is 6.05. The number of rotatable bonds is 4. The summed E-state index contributed by atoms with van der Waals surface area (Å²) in [5.74, 6) is -0.529. The monoisotopic (exact) mass is 378 g/mol. The fourth-order valence-electron chi connectivity index (χ4n) is 3.35. The lowest BCUT2D eigenvalue weighted by atomic mass is 10.2. The molecule has 0 atom stereocenters. The Kier molecular flexibility index (Phi) is 4.65. The van der Waals surface area contributed by atoms with E-state index in [1.807, 2.05) is 12.1 Å². The van der Waals surface area contributed by atoms with Gasteiger partial charge in [0.05, 0.1) is 23.1 Å². The Balaban J connectivity index is 1.55. The second-order valence-corrected chi connectivity index (χ2v) is 6.69. The van der Waals surface area contributed by atoms with Crippen LogP contribution in [0.1, 0.15) is 28.9 Å². The summed E-state index contributed by atoms with van der Waals surface area (Å²) in [5.41, 5.74) is 3.13. The molecule has 0 saturated carbocycles. The minimum atomic E-state index is -0.331. The predicted octanol–water partition coefficient (Wildman–Crippen LogP) is 3.70. The summed E-state index contributed by atoms with van der Waals surface area (Å²) in [7, 11) is 0. The van der Waals surface area contributed by atoms with Gasteiger partial charge in [-0.15, -0.1) is 0 Å². The summed E-state index contributed by atoms with van der Waals surface area (Å²) in [4.78, 5) is 26.4. The number of benzene rings is 2. The molecule has 2 amide bonds. The lowest BCUT2D eigenvalue weighted by molar-refractivity contribution is -0.117. The number of carbonyl (C=O) groups is 2. The summed E-state index contributed by atoms with van der Waals surface area (Å²) in [6.07, 6.45) is 2.89. The van der Waals surface area contributed by atoms with E-state index >= 15 is 0 Å². The maximum absolute atomic E-state index is 13.1. The van der Waals surface area contributed by atoms with Crippen molar-refractivity contribution in [3.05, 3.63) is 71.8 Å². The highest BCUT2D eigenvalue weighted by atomic mass is 19.1. The lowest BCUT2D eigenvalue weighted by Gasteiger charge is -2.16. The molecule has 142 valence electrons. The third kappa shape index (κ3) is 3.38. The Morgan fingerprint density at radius 2 is 1.93 bits per heavy atom. The molecule has 0 bridgehead atoms. The summed E-state index contributed by atoms with van der Waals surface area (Å²) < 4.78 is 14.7. The molecular weight excluding hydrogens is 359 g/mol. The molecule has 3 aromatic rings. The number of aromatic nitrogens is 2. The standard InChI is InChI=1S/C21H19FN4O2/c1-14-19(13-23-26(14)17-9-7-15(22)8-10-17)21(28)24-16-4-2-5-18(12-16)25-11-3-6-20(25)27/h2,4-5,7-10,12-13H,3,6,11H2,1H3,(H,24,28). The molecule has 1 aliphatic heterocycles. The third-order valence-electron chi connectivity index (χ3n) is 4.81. The van der Waals surface area contributed by atoms with Crippen molar-refractivity contribution in [3.63, 3.8) is 0 Å². The molecule has 1 aromatic heterocycles. The SMILES string of the molecule is Cc1c(C(=O)Nc2cccc(N3CCCC3=O)c2)cnn1-c1ccc(F)cc1. The van der Waals surface area contributed by atoms with Gasteiger partial charge >= 0.3 is 0 Å². The summed E-state index contributed by atoms with van der Waals surface area (Å²) in [5, 5.41) is 7.11. The Labute approximate surface area is 161 Å². The van der Waals surface area contributed by atoms with E-state index in [9.17, 15) is 14.0 Å². The van der Waals surface area contributed by atoms with Gasteiger partial charge in [-0.3, -0.25) is 9.59 Å². The van der Waals surface area contributed by atoms with Crippen LogP contribution in [0.4, 0.5) is 15.8 Å². The molecular formula is C21H19FN4O2. The molecule has 6 nitrogen and oxygen atoms in total. The number of nitrogens with one attached hydrogen (secondary N) is 1. The zero-order valence-electron chi connectivity index (χ0n) is 15.4. The lowest BCUT2D eigenvalue weighted by Crippen LogP contribution is -2.23. The first-order valence-corrected chi connectivity index (χ1v) is 9.05. The molecule has 4 rings (SSSR count). The summed E-state index contributed by atoms with van der Waals surface area (Å²) in [6, 6.07) is 13.1. The largest absolute Gasteiger partial charge is 0.322 e. The van der Waals surface area contributed by atoms with Crippen LogP contribution in [0.5, 0.6) is 0 Å². The van der Waals surface area contributed by atoms with Crippen LogP contribution in [0.15, 0.2) is 54.7 Å². The highest BCUT2D eigenvalue weighted by Gasteiger charge is 2.22. The Morgan fingerprint density at radius 3 is 2.64 bits per heavy atom. The van der Waals surface area contributed by atoms with Gasteiger partial charge in [0.1, 0.15) is 5.82 Å². The van der Waals surface area contributed by atoms with Crippen molar-refractivity contribution in [2.75, 3.05) is 16.8 Å². The average molecular weight is 378 g/mol. The molecule has 28 heavy (non-hydrogen) atoms. The molecule has 0 aliphatic carbocycles. The van der Waals surface area contributed by atoms with Gasteiger partial charge in [0.2, 0.25) is 5.91 Å². The highest BCUT2D eigenvalue weighted by Crippen LogP contribution is 2.25. The molecule has 1 N–H and O–H groups in total. The van der Waals surface area contributed by atoms with Gasteiger partial charge in [-0.05, 0) is 55.8 Å². The van der Waals surface area contributed by atoms with Crippen molar-refractivity contribution in [1.82, 2.24) is 9.78 Å². The minimum absolute atomic E-state index is 0.0971. The van der Waals surface area contributed by atoms with Crippen molar-refractivity contribution in [2.45, 2.75) is 19.8 Å². The van der Waals surface area contributed by atoms with Crippen LogP contribution in [0.3, 0.4) is 0 Å². The van der Waals surface area contributed by atoms with Crippen LogP contribution in [0, 0.1) is 12.7 Å². The zero-order valence-corrected chi connectivity index (χ0v) is 15.4. The van der Waals surface area contributed by atoms with Crippen molar-refractivity contribution in [2.24, 2.45) is 0 Å². The van der Waals surface area contributed by atoms with Gasteiger partial charge in [0, 0.05) is 24.3 Å². The van der Waals surface area contributed by atoms with E-state index in [1.165, 1.54) is 18.3 Å². The van der Waals surface area contributed by atoms with Crippen molar-refractivity contribution >= 4 is 23.2 Å². The average Bonchev–Trinajstić information content (AvgIpc) is 3.28. The van der Waals surface area contributed by atoms with Crippen molar-refractivity contribution < 1.29 is 14.0 Å². The number of halogens is 1. The van der Waals surface area contributed by atoms with Gasteiger partial charge in [0.25, 0.3) is 5.91 Å². The number of hydrogen-bond acceptors (Lipinski definition) is 3. The van der Waals surface area contributed by atoms with Gasteiger partial charge in [-0.2, -0.15) is 5.10 Å². The van der Waals surface area contributed by atoms with Crippen molar-refractivity contribution in [3.8, 4) is 5.69 Å². The molecule has 1 fully saturated rings. The zero-order chi connectivity index (χ0) is 19.7. The fourth-order valence-corrected chi connectivity index (χ4v) is 3.35. The molecule has 0 unspecified atom stereocenters. The Hall–Kier alpha value is -3.48. The van der Waals surface area contributed by atoms with Gasteiger partial charge < -0.3 is 10.2 Å². The van der Waals surface area contributed by atoms with Crippen LogP contribution in [0.2, 0.25) is 0 Å². The molecule has 7 heteroatoms. The minimum Gasteiger partial charge on any atom is -0.322 e. The second kappa shape index (κ2) is 7.26.